The predicted octanol–water partition coefficient (Wildman–Crippen LogP) is 1.86. The minimum Gasteiger partial charge on any atom is -0.378 e. The van der Waals surface area contributed by atoms with Gasteiger partial charge in [0.05, 0.1) is 6.54 Å². The van der Waals surface area contributed by atoms with Gasteiger partial charge >= 0.3 is 0 Å². The van der Waals surface area contributed by atoms with Crippen molar-refractivity contribution in [1.29, 1.82) is 5.26 Å². The number of hydrogen-bond acceptors (Lipinski definition) is 4. The molecule has 0 spiro atoms. The standard InChI is InChI=1S/C17H21N5/c1-20(2)14-6-4-13(5-7-14)11-22-17-8-9-21(3)12-15(17)16(10-18)19-22/h4-7H,8-9,11-12H2,1-3H3. The molecule has 0 saturated heterocycles. The Labute approximate surface area is 131 Å². The van der Waals surface area contributed by atoms with Crippen LogP contribution in [0.15, 0.2) is 24.3 Å². The normalized spacial score (nSPS) is 14.5. The van der Waals surface area contributed by atoms with Crippen molar-refractivity contribution in [1.82, 2.24) is 14.7 Å². The van der Waals surface area contributed by atoms with Gasteiger partial charge < -0.3 is 9.80 Å². The number of fused-ring (bicyclic) bond motifs is 1. The summed E-state index contributed by atoms with van der Waals surface area (Å²) in [4.78, 5) is 4.32. The fourth-order valence-corrected chi connectivity index (χ4v) is 2.92. The lowest BCUT2D eigenvalue weighted by atomic mass is 10.1. The number of hydrogen-bond donors (Lipinski definition) is 0. The number of benzene rings is 1. The van der Waals surface area contributed by atoms with Crippen LogP contribution in [-0.4, -0.2) is 42.4 Å². The molecular formula is C17H21N5. The molecule has 0 amide bonds. The molecule has 0 bridgehead atoms. The van der Waals surface area contributed by atoms with E-state index in [2.05, 4.69) is 52.3 Å². The van der Waals surface area contributed by atoms with Gasteiger partial charge in [0.25, 0.3) is 0 Å². The van der Waals surface area contributed by atoms with Crippen molar-refractivity contribution in [3.8, 4) is 6.07 Å². The summed E-state index contributed by atoms with van der Waals surface area (Å²) in [5.74, 6) is 0. The van der Waals surface area contributed by atoms with Crippen molar-refractivity contribution in [3.05, 3.63) is 46.8 Å². The molecule has 0 radical (unpaired) electrons. The quantitative estimate of drug-likeness (QED) is 0.867. The molecule has 2 heterocycles. The molecule has 1 aromatic carbocycles. The van der Waals surface area contributed by atoms with Crippen molar-refractivity contribution < 1.29 is 0 Å². The van der Waals surface area contributed by atoms with Gasteiger partial charge in [-0.2, -0.15) is 10.4 Å². The van der Waals surface area contributed by atoms with E-state index in [0.717, 1.165) is 31.6 Å². The molecule has 3 rings (SSSR count). The Hall–Kier alpha value is -2.32. The van der Waals surface area contributed by atoms with Gasteiger partial charge in [-0.15, -0.1) is 0 Å². The van der Waals surface area contributed by atoms with Crippen LogP contribution in [0.3, 0.4) is 0 Å². The smallest absolute Gasteiger partial charge is 0.167 e. The van der Waals surface area contributed by atoms with Crippen molar-refractivity contribution in [2.75, 3.05) is 32.6 Å². The topological polar surface area (TPSA) is 48.1 Å². The van der Waals surface area contributed by atoms with Crippen molar-refractivity contribution in [2.24, 2.45) is 0 Å². The zero-order valence-electron chi connectivity index (χ0n) is 13.4. The molecule has 0 fully saturated rings. The Kier molecular flexibility index (Phi) is 3.86. The highest BCUT2D eigenvalue weighted by Gasteiger charge is 2.23. The van der Waals surface area contributed by atoms with E-state index in [1.165, 1.54) is 16.9 Å². The number of aromatic nitrogens is 2. The van der Waals surface area contributed by atoms with Crippen LogP contribution in [0.5, 0.6) is 0 Å². The lowest BCUT2D eigenvalue weighted by Gasteiger charge is -2.23. The molecular weight excluding hydrogens is 274 g/mol. The summed E-state index contributed by atoms with van der Waals surface area (Å²) in [5.41, 5.74) is 5.28. The highest BCUT2D eigenvalue weighted by molar-refractivity contribution is 5.46. The molecule has 0 N–H and O–H groups in total. The maximum atomic E-state index is 9.31. The molecule has 1 aliphatic rings. The van der Waals surface area contributed by atoms with Gasteiger partial charge in [-0.25, -0.2) is 0 Å². The number of likely N-dealkylation sites (N-methyl/N-ethyl adjacent to an activating group) is 1. The maximum Gasteiger partial charge on any atom is 0.167 e. The fraction of sp³-hybridized carbons (Fsp3) is 0.412. The maximum absolute atomic E-state index is 9.31. The van der Waals surface area contributed by atoms with Crippen molar-refractivity contribution in [2.45, 2.75) is 19.5 Å². The van der Waals surface area contributed by atoms with E-state index in [9.17, 15) is 5.26 Å². The van der Waals surface area contributed by atoms with Crippen LogP contribution in [0, 0.1) is 11.3 Å². The minimum absolute atomic E-state index is 0.575. The van der Waals surface area contributed by atoms with Gasteiger partial charge in [0, 0.05) is 50.6 Å². The van der Waals surface area contributed by atoms with E-state index in [0.29, 0.717) is 5.69 Å². The highest BCUT2D eigenvalue weighted by Crippen LogP contribution is 2.22. The molecule has 5 nitrogen and oxygen atoms in total. The van der Waals surface area contributed by atoms with Crippen LogP contribution in [0.2, 0.25) is 0 Å². The Morgan fingerprint density at radius 2 is 2.00 bits per heavy atom. The first-order valence-electron chi connectivity index (χ1n) is 7.52. The third-order valence-electron chi connectivity index (χ3n) is 4.22. The summed E-state index contributed by atoms with van der Waals surface area (Å²) < 4.78 is 2.01. The lowest BCUT2D eigenvalue weighted by Crippen LogP contribution is -2.27. The lowest BCUT2D eigenvalue weighted by molar-refractivity contribution is 0.308. The Bertz CT molecular complexity index is 706. The van der Waals surface area contributed by atoms with Crippen molar-refractivity contribution >= 4 is 5.69 Å². The summed E-state index contributed by atoms with van der Waals surface area (Å²) in [7, 11) is 6.16. The van der Waals surface area contributed by atoms with Gasteiger partial charge in [0.2, 0.25) is 0 Å². The van der Waals surface area contributed by atoms with E-state index in [-0.39, 0.29) is 0 Å². The Morgan fingerprint density at radius 1 is 1.27 bits per heavy atom. The molecule has 22 heavy (non-hydrogen) atoms. The fourth-order valence-electron chi connectivity index (χ4n) is 2.92. The molecule has 1 aliphatic heterocycles. The van der Waals surface area contributed by atoms with Gasteiger partial charge in [-0.3, -0.25) is 4.68 Å². The van der Waals surface area contributed by atoms with E-state index in [1.54, 1.807) is 0 Å². The largest absolute Gasteiger partial charge is 0.378 e. The van der Waals surface area contributed by atoms with Gasteiger partial charge in [-0.05, 0) is 24.7 Å². The van der Waals surface area contributed by atoms with Gasteiger partial charge in [0.15, 0.2) is 5.69 Å². The number of rotatable bonds is 3. The number of nitriles is 1. The second-order valence-electron chi connectivity index (χ2n) is 6.09. The van der Waals surface area contributed by atoms with Crippen LogP contribution in [0.4, 0.5) is 5.69 Å². The molecule has 0 unspecified atom stereocenters. The van der Waals surface area contributed by atoms with Crippen LogP contribution < -0.4 is 4.90 Å². The van der Waals surface area contributed by atoms with E-state index in [4.69, 9.17) is 0 Å². The second-order valence-corrected chi connectivity index (χ2v) is 6.09. The Balaban J connectivity index is 1.88. The molecule has 0 saturated carbocycles. The first-order valence-corrected chi connectivity index (χ1v) is 7.52. The average Bonchev–Trinajstić information content (AvgIpc) is 2.85. The third kappa shape index (κ3) is 2.70. The SMILES string of the molecule is CN1CCc2c(c(C#N)nn2Cc2ccc(N(C)C)cc2)C1. The first kappa shape index (κ1) is 14.6. The minimum atomic E-state index is 0.575. The molecule has 0 aliphatic carbocycles. The van der Waals surface area contributed by atoms with Crippen LogP contribution in [0.25, 0.3) is 0 Å². The highest BCUT2D eigenvalue weighted by atomic mass is 15.3. The van der Waals surface area contributed by atoms with Crippen LogP contribution in [0.1, 0.15) is 22.5 Å². The summed E-state index contributed by atoms with van der Waals surface area (Å²) in [5, 5.41) is 13.8. The van der Waals surface area contributed by atoms with Crippen molar-refractivity contribution in [3.63, 3.8) is 0 Å². The van der Waals surface area contributed by atoms with Gasteiger partial charge in [0.1, 0.15) is 6.07 Å². The molecule has 0 atom stereocenters. The summed E-state index contributed by atoms with van der Waals surface area (Å²) in [6, 6.07) is 10.7. The zero-order valence-corrected chi connectivity index (χ0v) is 13.4. The first-order chi connectivity index (χ1) is 10.6. The summed E-state index contributed by atoms with van der Waals surface area (Å²) >= 11 is 0. The Morgan fingerprint density at radius 3 is 2.64 bits per heavy atom. The van der Waals surface area contributed by atoms with E-state index >= 15 is 0 Å². The zero-order chi connectivity index (χ0) is 15.7. The average molecular weight is 295 g/mol. The molecule has 5 heteroatoms. The molecule has 2 aromatic rings. The van der Waals surface area contributed by atoms with Crippen LogP contribution in [-0.2, 0) is 19.5 Å². The number of anilines is 1. The third-order valence-corrected chi connectivity index (χ3v) is 4.22. The van der Waals surface area contributed by atoms with Gasteiger partial charge in [-0.1, -0.05) is 12.1 Å². The molecule has 114 valence electrons. The van der Waals surface area contributed by atoms with E-state index < -0.39 is 0 Å². The summed E-state index contributed by atoms with van der Waals surface area (Å²) in [6.07, 6.45) is 0.955. The van der Waals surface area contributed by atoms with E-state index in [1.807, 2.05) is 18.8 Å². The summed E-state index contributed by atoms with van der Waals surface area (Å²) in [6.45, 7) is 2.56. The number of nitrogens with zero attached hydrogens (tertiary/aromatic N) is 5. The molecule has 1 aromatic heterocycles. The monoisotopic (exact) mass is 295 g/mol. The second kappa shape index (κ2) is 5.82. The van der Waals surface area contributed by atoms with Crippen LogP contribution >= 0.6 is 0 Å². The predicted molar refractivity (Wildman–Crippen MR) is 86.9 cm³/mol.